The van der Waals surface area contributed by atoms with Gasteiger partial charge in [0, 0.05) is 18.0 Å². The molecule has 132 valence electrons. The van der Waals surface area contributed by atoms with Gasteiger partial charge < -0.3 is 10.2 Å². The first-order valence-electron chi connectivity index (χ1n) is 9.66. The number of nitrogens with zero attached hydrogens (tertiary/aromatic N) is 1. The van der Waals surface area contributed by atoms with Crippen LogP contribution in [-0.2, 0) is 11.8 Å². The second-order valence-corrected chi connectivity index (χ2v) is 8.61. The summed E-state index contributed by atoms with van der Waals surface area (Å²) in [5.41, 5.74) is 4.24. The predicted molar refractivity (Wildman–Crippen MR) is 96.1 cm³/mol. The number of aliphatic hydroxyl groups excluding tert-OH is 2. The SMILES string of the molecule is Cc1ccc2c(c1)[C@@]1(C[C@H](O)CO)CCN(CC3CC3)C(C2)[C@@H]1C. The third-order valence-corrected chi connectivity index (χ3v) is 6.99. The molecule has 1 aromatic rings. The maximum atomic E-state index is 10.3. The van der Waals surface area contributed by atoms with E-state index in [-0.39, 0.29) is 12.0 Å². The maximum Gasteiger partial charge on any atom is 0.0779 e. The number of aryl methyl sites for hydroxylation is 1. The van der Waals surface area contributed by atoms with Crippen molar-refractivity contribution in [1.82, 2.24) is 4.90 Å². The number of piperidine rings is 1. The minimum Gasteiger partial charge on any atom is -0.394 e. The number of hydrogen-bond donors (Lipinski definition) is 2. The van der Waals surface area contributed by atoms with E-state index in [0.717, 1.165) is 25.3 Å². The monoisotopic (exact) mass is 329 g/mol. The van der Waals surface area contributed by atoms with Gasteiger partial charge in [-0.25, -0.2) is 0 Å². The van der Waals surface area contributed by atoms with Crippen LogP contribution in [0.5, 0.6) is 0 Å². The quantitative estimate of drug-likeness (QED) is 0.873. The Labute approximate surface area is 145 Å². The third-order valence-electron chi connectivity index (χ3n) is 6.99. The van der Waals surface area contributed by atoms with Crippen molar-refractivity contribution >= 4 is 0 Å². The molecule has 0 amide bonds. The lowest BCUT2D eigenvalue weighted by Crippen LogP contribution is -2.60. The highest BCUT2D eigenvalue weighted by Gasteiger charge is 2.52. The van der Waals surface area contributed by atoms with Crippen molar-refractivity contribution < 1.29 is 10.2 Å². The summed E-state index contributed by atoms with van der Waals surface area (Å²) in [4.78, 5) is 2.73. The fraction of sp³-hybridized carbons (Fsp3) is 0.714. The Hall–Kier alpha value is -0.900. The van der Waals surface area contributed by atoms with E-state index in [4.69, 9.17) is 0 Å². The number of benzene rings is 1. The number of aliphatic hydroxyl groups is 2. The largest absolute Gasteiger partial charge is 0.394 e. The van der Waals surface area contributed by atoms with E-state index in [0.29, 0.717) is 18.4 Å². The summed E-state index contributed by atoms with van der Waals surface area (Å²) in [6, 6.07) is 7.47. The summed E-state index contributed by atoms with van der Waals surface area (Å²) in [5.74, 6) is 1.45. The smallest absolute Gasteiger partial charge is 0.0779 e. The highest BCUT2D eigenvalue weighted by atomic mass is 16.3. The van der Waals surface area contributed by atoms with Gasteiger partial charge in [0.25, 0.3) is 0 Å². The van der Waals surface area contributed by atoms with Gasteiger partial charge in [-0.1, -0.05) is 30.7 Å². The van der Waals surface area contributed by atoms with Gasteiger partial charge >= 0.3 is 0 Å². The predicted octanol–water partition coefficient (Wildman–Crippen LogP) is 2.65. The minimum atomic E-state index is -0.616. The van der Waals surface area contributed by atoms with Crippen molar-refractivity contribution in [2.75, 3.05) is 19.7 Å². The highest BCUT2D eigenvalue weighted by molar-refractivity contribution is 5.43. The number of hydrogen-bond acceptors (Lipinski definition) is 3. The molecule has 4 atom stereocenters. The van der Waals surface area contributed by atoms with Crippen LogP contribution in [0.3, 0.4) is 0 Å². The summed E-state index contributed by atoms with van der Waals surface area (Å²) in [6.45, 7) is 6.81. The van der Waals surface area contributed by atoms with Crippen LogP contribution in [0.4, 0.5) is 0 Å². The Kier molecular flexibility index (Phi) is 4.22. The molecule has 1 saturated carbocycles. The van der Waals surface area contributed by atoms with Gasteiger partial charge in [-0.2, -0.15) is 0 Å². The molecule has 0 radical (unpaired) electrons. The summed E-state index contributed by atoms with van der Waals surface area (Å²) < 4.78 is 0. The zero-order valence-electron chi connectivity index (χ0n) is 15.0. The molecule has 1 unspecified atom stereocenters. The van der Waals surface area contributed by atoms with Gasteiger partial charge in [-0.3, -0.25) is 4.90 Å². The molecule has 2 aliphatic carbocycles. The van der Waals surface area contributed by atoms with Crippen LogP contribution < -0.4 is 0 Å². The maximum absolute atomic E-state index is 10.3. The highest BCUT2D eigenvalue weighted by Crippen LogP contribution is 2.52. The van der Waals surface area contributed by atoms with Crippen molar-refractivity contribution in [3.63, 3.8) is 0 Å². The molecule has 0 spiro atoms. The molecule has 4 rings (SSSR count). The fourth-order valence-electron chi connectivity index (χ4n) is 5.41. The van der Waals surface area contributed by atoms with E-state index in [1.54, 1.807) is 0 Å². The molecule has 2 bridgehead atoms. The van der Waals surface area contributed by atoms with Gasteiger partial charge in [0.15, 0.2) is 0 Å². The normalized spacial score (nSPS) is 34.0. The summed E-state index contributed by atoms with van der Waals surface area (Å²) >= 11 is 0. The van der Waals surface area contributed by atoms with Crippen LogP contribution in [-0.4, -0.2) is 47.0 Å². The topological polar surface area (TPSA) is 43.7 Å². The first-order valence-corrected chi connectivity index (χ1v) is 9.66. The Morgan fingerprint density at radius 2 is 2.12 bits per heavy atom. The standard InChI is InChI=1S/C21H31NO2/c1-14-3-6-17-10-20-15(2)21(19(17)9-14,11-18(24)13-23)7-8-22(20)12-16-4-5-16/h3,6,9,15-16,18,20,23-24H,4-5,7-8,10-13H2,1-2H3/t15-,18-,20?,21+/m0/s1. The Bertz CT molecular complexity index is 612. The molecule has 3 heteroatoms. The zero-order chi connectivity index (χ0) is 16.9. The van der Waals surface area contributed by atoms with E-state index < -0.39 is 6.10 Å². The molecule has 2 N–H and O–H groups in total. The molecule has 1 aliphatic heterocycles. The first kappa shape index (κ1) is 16.6. The molecule has 3 nitrogen and oxygen atoms in total. The lowest BCUT2D eigenvalue weighted by atomic mass is 9.55. The lowest BCUT2D eigenvalue weighted by Gasteiger charge is -2.57. The van der Waals surface area contributed by atoms with Gasteiger partial charge in [-0.15, -0.1) is 0 Å². The molecule has 1 heterocycles. The average Bonchev–Trinajstić information content (AvgIpc) is 3.37. The lowest BCUT2D eigenvalue weighted by molar-refractivity contribution is -0.0171. The van der Waals surface area contributed by atoms with Crippen LogP contribution in [0.15, 0.2) is 18.2 Å². The Morgan fingerprint density at radius 1 is 1.33 bits per heavy atom. The fourth-order valence-corrected chi connectivity index (χ4v) is 5.41. The van der Waals surface area contributed by atoms with Gasteiger partial charge in [-0.05, 0) is 68.5 Å². The van der Waals surface area contributed by atoms with Gasteiger partial charge in [0.1, 0.15) is 0 Å². The van der Waals surface area contributed by atoms with Crippen LogP contribution in [0.2, 0.25) is 0 Å². The van der Waals surface area contributed by atoms with E-state index >= 15 is 0 Å². The number of rotatable bonds is 5. The average molecular weight is 329 g/mol. The van der Waals surface area contributed by atoms with Crippen molar-refractivity contribution in [3.8, 4) is 0 Å². The van der Waals surface area contributed by atoms with E-state index in [1.165, 1.54) is 36.1 Å². The molecule has 2 fully saturated rings. The molecular formula is C21H31NO2. The summed E-state index contributed by atoms with van der Waals surface area (Å²) in [6.07, 6.45) is 5.12. The Morgan fingerprint density at radius 3 is 2.83 bits per heavy atom. The summed E-state index contributed by atoms with van der Waals surface area (Å²) in [5, 5.41) is 19.8. The minimum absolute atomic E-state index is 0.0203. The van der Waals surface area contributed by atoms with E-state index in [1.807, 2.05) is 0 Å². The number of likely N-dealkylation sites (tertiary alicyclic amines) is 1. The molecule has 3 aliphatic rings. The molecular weight excluding hydrogens is 298 g/mol. The molecule has 0 aromatic heterocycles. The summed E-state index contributed by atoms with van der Waals surface area (Å²) in [7, 11) is 0. The molecule has 1 saturated heterocycles. The van der Waals surface area contributed by atoms with E-state index in [9.17, 15) is 10.2 Å². The second-order valence-electron chi connectivity index (χ2n) is 8.61. The van der Waals surface area contributed by atoms with Crippen molar-refractivity contribution in [2.45, 2.75) is 63.5 Å². The van der Waals surface area contributed by atoms with Crippen LogP contribution in [0.1, 0.15) is 49.3 Å². The van der Waals surface area contributed by atoms with Gasteiger partial charge in [0.2, 0.25) is 0 Å². The van der Waals surface area contributed by atoms with Crippen molar-refractivity contribution in [3.05, 3.63) is 34.9 Å². The Balaban J connectivity index is 1.73. The van der Waals surface area contributed by atoms with Gasteiger partial charge in [0.05, 0.1) is 12.7 Å². The van der Waals surface area contributed by atoms with Crippen molar-refractivity contribution in [2.24, 2.45) is 11.8 Å². The van der Waals surface area contributed by atoms with E-state index in [2.05, 4.69) is 36.9 Å². The third kappa shape index (κ3) is 2.71. The van der Waals surface area contributed by atoms with Crippen LogP contribution in [0.25, 0.3) is 0 Å². The van der Waals surface area contributed by atoms with Crippen LogP contribution in [0, 0.1) is 18.8 Å². The number of fused-ring (bicyclic) bond motifs is 4. The molecule has 1 aromatic carbocycles. The zero-order valence-corrected chi connectivity index (χ0v) is 15.0. The van der Waals surface area contributed by atoms with Crippen molar-refractivity contribution in [1.29, 1.82) is 0 Å². The molecule has 24 heavy (non-hydrogen) atoms. The first-order chi connectivity index (χ1) is 11.5. The van der Waals surface area contributed by atoms with Crippen LogP contribution >= 0.6 is 0 Å². The second kappa shape index (κ2) is 6.12.